The minimum absolute atomic E-state index is 0.000657. The van der Waals surface area contributed by atoms with Crippen molar-refractivity contribution in [2.45, 2.75) is 12.5 Å². The Morgan fingerprint density at radius 2 is 1.97 bits per heavy atom. The third-order valence-electron chi connectivity index (χ3n) is 5.52. The summed E-state index contributed by atoms with van der Waals surface area (Å²) in [6.07, 6.45) is 0.475. The normalized spacial score (nSPS) is 19.2. The van der Waals surface area contributed by atoms with Crippen LogP contribution in [-0.4, -0.2) is 66.4 Å². The summed E-state index contributed by atoms with van der Waals surface area (Å²) in [5.41, 5.74) is 2.23. The van der Waals surface area contributed by atoms with Crippen LogP contribution in [0.3, 0.4) is 0 Å². The van der Waals surface area contributed by atoms with E-state index >= 15 is 0 Å². The van der Waals surface area contributed by atoms with Crippen LogP contribution in [0.5, 0.6) is 5.75 Å². The first-order chi connectivity index (χ1) is 15.0. The van der Waals surface area contributed by atoms with E-state index in [-0.39, 0.29) is 24.2 Å². The Labute approximate surface area is 180 Å². The van der Waals surface area contributed by atoms with Gasteiger partial charge < -0.3 is 9.47 Å². The number of nitrogens with zero attached hydrogens (tertiary/aromatic N) is 4. The van der Waals surface area contributed by atoms with Gasteiger partial charge in [-0.15, -0.1) is 0 Å². The fourth-order valence-electron chi connectivity index (χ4n) is 3.82. The topological polar surface area (TPSA) is 97.5 Å². The lowest BCUT2D eigenvalue weighted by molar-refractivity contribution is -0.384. The van der Waals surface area contributed by atoms with Gasteiger partial charge in [0.15, 0.2) is 0 Å². The highest BCUT2D eigenvalue weighted by atomic mass is 16.6. The number of benzene rings is 2. The molecule has 0 aromatic heterocycles. The second-order valence-electron chi connectivity index (χ2n) is 7.47. The lowest BCUT2D eigenvalue weighted by atomic mass is 9.98. The maximum Gasteiger partial charge on any atom is 0.270 e. The lowest BCUT2D eigenvalue weighted by Crippen LogP contribution is -2.43. The number of amides is 1. The number of hydrazone groups is 1. The molecule has 2 aromatic carbocycles. The predicted octanol–water partition coefficient (Wildman–Crippen LogP) is 2.61. The van der Waals surface area contributed by atoms with Gasteiger partial charge in [-0.3, -0.25) is 19.8 Å². The molecule has 0 radical (unpaired) electrons. The van der Waals surface area contributed by atoms with Gasteiger partial charge in [0.1, 0.15) is 5.75 Å². The largest absolute Gasteiger partial charge is 0.497 e. The van der Waals surface area contributed by atoms with Crippen molar-refractivity contribution in [3.8, 4) is 5.75 Å². The number of morpholine rings is 1. The SMILES string of the molecule is COc1ccc([C@@H]2CC(c3cccc([N+](=O)[O-])c3)=NN2C(=O)CN2CCOCC2)cc1. The monoisotopic (exact) mass is 424 g/mol. The molecule has 0 saturated carbocycles. The Morgan fingerprint density at radius 3 is 2.65 bits per heavy atom. The number of hydrogen-bond donors (Lipinski definition) is 0. The van der Waals surface area contributed by atoms with Crippen molar-refractivity contribution in [3.63, 3.8) is 0 Å². The average Bonchev–Trinajstić information content (AvgIpc) is 3.26. The van der Waals surface area contributed by atoms with Crippen LogP contribution in [0.1, 0.15) is 23.6 Å². The number of carbonyl (C=O) groups excluding carboxylic acids is 1. The number of non-ortho nitro benzene ring substituents is 1. The van der Waals surface area contributed by atoms with Gasteiger partial charge in [0, 0.05) is 37.2 Å². The van der Waals surface area contributed by atoms with Crippen LogP contribution < -0.4 is 4.74 Å². The molecule has 2 aliphatic rings. The highest BCUT2D eigenvalue weighted by Gasteiger charge is 2.34. The van der Waals surface area contributed by atoms with E-state index in [4.69, 9.17) is 9.47 Å². The number of nitro benzene ring substituents is 1. The average molecular weight is 424 g/mol. The van der Waals surface area contributed by atoms with E-state index < -0.39 is 4.92 Å². The maximum atomic E-state index is 13.2. The first-order valence-electron chi connectivity index (χ1n) is 10.1. The summed E-state index contributed by atoms with van der Waals surface area (Å²) in [6, 6.07) is 13.6. The van der Waals surface area contributed by atoms with Gasteiger partial charge >= 0.3 is 0 Å². The molecule has 1 atom stereocenters. The molecule has 0 N–H and O–H groups in total. The Morgan fingerprint density at radius 1 is 1.23 bits per heavy atom. The zero-order valence-electron chi connectivity index (χ0n) is 17.3. The first kappa shape index (κ1) is 21.0. The van der Waals surface area contributed by atoms with Gasteiger partial charge in [0.2, 0.25) is 0 Å². The zero-order valence-corrected chi connectivity index (χ0v) is 17.3. The van der Waals surface area contributed by atoms with E-state index in [0.717, 1.165) is 11.3 Å². The molecule has 31 heavy (non-hydrogen) atoms. The molecule has 162 valence electrons. The van der Waals surface area contributed by atoms with Crippen molar-refractivity contribution >= 4 is 17.3 Å². The minimum atomic E-state index is -0.429. The summed E-state index contributed by atoms with van der Waals surface area (Å²) < 4.78 is 10.6. The lowest BCUT2D eigenvalue weighted by Gasteiger charge is -2.29. The molecule has 2 aromatic rings. The Balaban J connectivity index is 1.62. The number of hydrogen-bond acceptors (Lipinski definition) is 7. The van der Waals surface area contributed by atoms with E-state index in [2.05, 4.69) is 10.0 Å². The highest BCUT2D eigenvalue weighted by Crippen LogP contribution is 2.34. The zero-order chi connectivity index (χ0) is 21.8. The molecule has 2 aliphatic heterocycles. The summed E-state index contributed by atoms with van der Waals surface area (Å²) in [5.74, 6) is 0.621. The van der Waals surface area contributed by atoms with E-state index in [1.807, 2.05) is 24.3 Å². The van der Waals surface area contributed by atoms with Gasteiger partial charge in [0.05, 0.1) is 43.5 Å². The van der Waals surface area contributed by atoms with Crippen molar-refractivity contribution in [1.82, 2.24) is 9.91 Å². The van der Waals surface area contributed by atoms with Crippen molar-refractivity contribution in [2.75, 3.05) is 40.0 Å². The molecule has 1 saturated heterocycles. The van der Waals surface area contributed by atoms with Gasteiger partial charge in [-0.05, 0) is 17.7 Å². The Kier molecular flexibility index (Phi) is 6.24. The van der Waals surface area contributed by atoms with Gasteiger partial charge in [0.25, 0.3) is 11.6 Å². The minimum Gasteiger partial charge on any atom is -0.497 e. The van der Waals surface area contributed by atoms with Crippen molar-refractivity contribution in [3.05, 3.63) is 69.8 Å². The summed E-state index contributed by atoms with van der Waals surface area (Å²) in [4.78, 5) is 26.0. The fraction of sp³-hybridized carbons (Fsp3) is 0.364. The van der Waals surface area contributed by atoms with Gasteiger partial charge in [-0.25, -0.2) is 5.01 Å². The molecule has 1 fully saturated rings. The molecule has 0 spiro atoms. The molecular formula is C22H24N4O5. The highest BCUT2D eigenvalue weighted by molar-refractivity contribution is 6.03. The second-order valence-corrected chi connectivity index (χ2v) is 7.47. The Hall–Kier alpha value is -3.30. The summed E-state index contributed by atoms with van der Waals surface area (Å²) >= 11 is 0. The van der Waals surface area contributed by atoms with E-state index in [1.54, 1.807) is 19.2 Å². The molecule has 2 heterocycles. The smallest absolute Gasteiger partial charge is 0.270 e. The molecule has 0 aliphatic carbocycles. The molecule has 9 heteroatoms. The fourth-order valence-corrected chi connectivity index (χ4v) is 3.82. The molecule has 9 nitrogen and oxygen atoms in total. The molecule has 4 rings (SSSR count). The van der Waals surface area contributed by atoms with Crippen LogP contribution in [0.15, 0.2) is 53.6 Å². The van der Waals surface area contributed by atoms with Crippen LogP contribution in [0.2, 0.25) is 0 Å². The molecular weight excluding hydrogens is 400 g/mol. The maximum absolute atomic E-state index is 13.2. The van der Waals surface area contributed by atoms with Gasteiger partial charge in [-0.1, -0.05) is 24.3 Å². The third kappa shape index (κ3) is 4.73. The summed E-state index contributed by atoms with van der Waals surface area (Å²) in [5, 5.41) is 17.3. The molecule has 0 bridgehead atoms. The summed E-state index contributed by atoms with van der Waals surface area (Å²) in [7, 11) is 1.60. The van der Waals surface area contributed by atoms with Crippen molar-refractivity contribution in [1.29, 1.82) is 0 Å². The van der Waals surface area contributed by atoms with Crippen LogP contribution in [0.25, 0.3) is 0 Å². The van der Waals surface area contributed by atoms with Crippen LogP contribution in [-0.2, 0) is 9.53 Å². The Bertz CT molecular complexity index is 986. The molecule has 1 amide bonds. The number of ether oxygens (including phenoxy) is 2. The van der Waals surface area contributed by atoms with Crippen LogP contribution in [0, 0.1) is 10.1 Å². The molecule has 0 unspecified atom stereocenters. The van der Waals surface area contributed by atoms with Gasteiger partial charge in [-0.2, -0.15) is 5.10 Å². The van der Waals surface area contributed by atoms with E-state index in [0.29, 0.717) is 44.0 Å². The number of carbonyl (C=O) groups is 1. The van der Waals surface area contributed by atoms with E-state index in [9.17, 15) is 14.9 Å². The second kappa shape index (κ2) is 9.23. The predicted molar refractivity (Wildman–Crippen MR) is 114 cm³/mol. The van der Waals surface area contributed by atoms with Crippen LogP contribution >= 0.6 is 0 Å². The van der Waals surface area contributed by atoms with Crippen molar-refractivity contribution < 1.29 is 19.2 Å². The van der Waals surface area contributed by atoms with Crippen LogP contribution in [0.4, 0.5) is 5.69 Å². The number of rotatable bonds is 6. The van der Waals surface area contributed by atoms with E-state index in [1.165, 1.54) is 17.1 Å². The quantitative estimate of drug-likeness (QED) is 0.522. The first-order valence-corrected chi connectivity index (χ1v) is 10.1. The third-order valence-corrected chi connectivity index (χ3v) is 5.52. The summed E-state index contributed by atoms with van der Waals surface area (Å²) in [6.45, 7) is 2.87. The van der Waals surface area contributed by atoms with Crippen molar-refractivity contribution in [2.24, 2.45) is 5.10 Å². The number of nitro groups is 1. The number of methoxy groups -OCH3 is 1. The standard InChI is InChI=1S/C22H24N4O5/c1-30-19-7-5-16(6-8-19)21-14-20(17-3-2-4-18(13-17)26(28)29)23-25(21)22(27)15-24-9-11-31-12-10-24/h2-8,13,21H,9-12,14-15H2,1H3/t21-/m0/s1.